The molecule has 29 heavy (non-hydrogen) atoms. The van der Waals surface area contributed by atoms with Gasteiger partial charge in [0.2, 0.25) is 0 Å². The zero-order valence-electron chi connectivity index (χ0n) is 16.4. The molecule has 1 aliphatic rings. The highest BCUT2D eigenvalue weighted by atomic mass is 32.2. The minimum Gasteiger partial charge on any atom is -0.305 e. The fraction of sp³-hybridized carbons (Fsp3) is 0.261. The Morgan fingerprint density at radius 3 is 2.31 bits per heavy atom. The molecule has 1 aliphatic heterocycles. The van der Waals surface area contributed by atoms with Crippen molar-refractivity contribution >= 4 is 26.3 Å². The summed E-state index contributed by atoms with van der Waals surface area (Å²) in [7, 11) is -3.19. The van der Waals surface area contributed by atoms with Gasteiger partial charge in [0.25, 0.3) is 0 Å². The highest BCUT2D eigenvalue weighted by Gasteiger charge is 2.22. The number of hydrogen-bond acceptors (Lipinski definition) is 5. The minimum atomic E-state index is -3.19. The van der Waals surface area contributed by atoms with Gasteiger partial charge in [-0.1, -0.05) is 36.4 Å². The molecule has 0 radical (unpaired) electrons. The smallest absolute Gasteiger partial charge is 0.175 e. The summed E-state index contributed by atoms with van der Waals surface area (Å²) in [5.41, 5.74) is 2.86. The maximum atomic E-state index is 11.7. The molecule has 148 valence electrons. The van der Waals surface area contributed by atoms with Crippen LogP contribution in [0.2, 0.25) is 0 Å². The number of nitrogens with zero attached hydrogens (tertiary/aromatic N) is 3. The average molecular weight is 406 g/mol. The average Bonchev–Trinajstić information content (AvgIpc) is 2.73. The van der Waals surface area contributed by atoms with E-state index in [1.54, 1.807) is 12.1 Å². The molecule has 1 saturated heterocycles. The lowest BCUT2D eigenvalue weighted by molar-refractivity contribution is 0.205. The first kappa shape index (κ1) is 19.4. The summed E-state index contributed by atoms with van der Waals surface area (Å²) in [5.74, 6) is 0. The molecule has 0 bridgehead atoms. The maximum Gasteiger partial charge on any atom is 0.175 e. The molecule has 0 unspecified atom stereocenters. The molecule has 1 heterocycles. The Morgan fingerprint density at radius 1 is 0.931 bits per heavy atom. The molecule has 0 aliphatic carbocycles. The largest absolute Gasteiger partial charge is 0.305 e. The van der Waals surface area contributed by atoms with Gasteiger partial charge >= 0.3 is 0 Å². The Morgan fingerprint density at radius 2 is 1.62 bits per heavy atom. The van der Waals surface area contributed by atoms with E-state index in [4.69, 9.17) is 0 Å². The van der Waals surface area contributed by atoms with Crippen LogP contribution in [0.4, 0.5) is 5.69 Å². The standard InChI is InChI=1S/C23H23N3O2S/c1-29(27,28)20-11-8-18(9-12-20)17-25-14-4-5-15-26(25)23-13-10-19(16-24)21-6-2-3-7-22(21)23/h2-3,6-13H,4-5,14-15,17H2,1H3. The van der Waals surface area contributed by atoms with Crippen molar-refractivity contribution in [2.75, 3.05) is 24.4 Å². The Kier molecular flexibility index (Phi) is 5.27. The topological polar surface area (TPSA) is 64.4 Å². The van der Waals surface area contributed by atoms with E-state index in [9.17, 15) is 13.7 Å². The first-order valence-electron chi connectivity index (χ1n) is 9.70. The SMILES string of the molecule is CS(=O)(=O)c1ccc(CN2CCCCN2c2ccc(C#N)c3ccccc23)cc1. The van der Waals surface area contributed by atoms with E-state index in [-0.39, 0.29) is 0 Å². The van der Waals surface area contributed by atoms with Crippen molar-refractivity contribution in [1.29, 1.82) is 5.26 Å². The third kappa shape index (κ3) is 3.98. The van der Waals surface area contributed by atoms with Crippen molar-refractivity contribution in [2.45, 2.75) is 24.3 Å². The highest BCUT2D eigenvalue weighted by molar-refractivity contribution is 7.90. The van der Waals surface area contributed by atoms with Crippen LogP contribution in [0.5, 0.6) is 0 Å². The van der Waals surface area contributed by atoms with Crippen LogP contribution < -0.4 is 5.01 Å². The molecule has 6 heteroatoms. The summed E-state index contributed by atoms with van der Waals surface area (Å²) >= 11 is 0. The molecule has 3 aromatic rings. The molecule has 0 atom stereocenters. The zero-order chi connectivity index (χ0) is 20.4. The number of hydrazine groups is 1. The number of rotatable bonds is 4. The Labute approximate surface area is 171 Å². The van der Waals surface area contributed by atoms with Gasteiger partial charge in [0, 0.05) is 36.7 Å². The number of hydrogen-bond donors (Lipinski definition) is 0. The van der Waals surface area contributed by atoms with Crippen LogP contribution in [0.15, 0.2) is 65.6 Å². The second kappa shape index (κ2) is 7.86. The van der Waals surface area contributed by atoms with Gasteiger partial charge in [-0.15, -0.1) is 0 Å². The predicted molar refractivity (Wildman–Crippen MR) is 115 cm³/mol. The molecule has 0 saturated carbocycles. The number of sulfone groups is 1. The van der Waals surface area contributed by atoms with Gasteiger partial charge in [0.1, 0.15) is 0 Å². The lowest BCUT2D eigenvalue weighted by Crippen LogP contribution is -2.47. The fourth-order valence-corrected chi connectivity index (χ4v) is 4.54. The Balaban J connectivity index is 1.67. The highest BCUT2D eigenvalue weighted by Crippen LogP contribution is 2.32. The van der Waals surface area contributed by atoms with Crippen molar-refractivity contribution in [1.82, 2.24) is 5.01 Å². The molecule has 1 fully saturated rings. The van der Waals surface area contributed by atoms with Crippen molar-refractivity contribution in [3.63, 3.8) is 0 Å². The zero-order valence-corrected chi connectivity index (χ0v) is 17.2. The van der Waals surface area contributed by atoms with Crippen LogP contribution in [0.25, 0.3) is 10.8 Å². The summed E-state index contributed by atoms with van der Waals surface area (Å²) in [6.07, 6.45) is 3.45. The lowest BCUT2D eigenvalue weighted by atomic mass is 10.0. The van der Waals surface area contributed by atoms with Gasteiger partial charge in [-0.05, 0) is 42.7 Å². The number of anilines is 1. The molecular formula is C23H23N3O2S. The molecule has 0 amide bonds. The van der Waals surface area contributed by atoms with E-state index in [1.165, 1.54) is 6.26 Å². The van der Waals surface area contributed by atoms with Crippen LogP contribution in [0, 0.1) is 11.3 Å². The van der Waals surface area contributed by atoms with Crippen LogP contribution in [0.1, 0.15) is 24.0 Å². The second-order valence-corrected chi connectivity index (χ2v) is 9.44. The van der Waals surface area contributed by atoms with Crippen LogP contribution >= 0.6 is 0 Å². The van der Waals surface area contributed by atoms with E-state index in [0.29, 0.717) is 17.0 Å². The molecule has 0 N–H and O–H groups in total. The monoisotopic (exact) mass is 405 g/mol. The van der Waals surface area contributed by atoms with Gasteiger partial charge < -0.3 is 5.01 Å². The molecule has 5 nitrogen and oxygen atoms in total. The van der Waals surface area contributed by atoms with Gasteiger partial charge in [0.15, 0.2) is 9.84 Å². The number of fused-ring (bicyclic) bond motifs is 1. The second-order valence-electron chi connectivity index (χ2n) is 7.42. The third-order valence-electron chi connectivity index (χ3n) is 5.39. The summed E-state index contributed by atoms with van der Waals surface area (Å²) in [6, 6.07) is 21.4. The first-order valence-corrected chi connectivity index (χ1v) is 11.6. The summed E-state index contributed by atoms with van der Waals surface area (Å²) < 4.78 is 23.4. The summed E-state index contributed by atoms with van der Waals surface area (Å²) in [5, 5.41) is 16.1. The van der Waals surface area contributed by atoms with Crippen molar-refractivity contribution < 1.29 is 8.42 Å². The Bertz CT molecular complexity index is 1180. The van der Waals surface area contributed by atoms with Crippen LogP contribution in [-0.4, -0.2) is 32.8 Å². The first-order chi connectivity index (χ1) is 14.0. The van der Waals surface area contributed by atoms with Crippen LogP contribution in [-0.2, 0) is 16.4 Å². The quantitative estimate of drug-likeness (QED) is 0.653. The fourth-order valence-electron chi connectivity index (χ4n) is 3.91. The molecular weight excluding hydrogens is 382 g/mol. The van der Waals surface area contributed by atoms with E-state index in [0.717, 1.165) is 48.0 Å². The van der Waals surface area contributed by atoms with Gasteiger partial charge in [0.05, 0.1) is 22.2 Å². The van der Waals surface area contributed by atoms with E-state index >= 15 is 0 Å². The molecule has 4 rings (SSSR count). The van der Waals surface area contributed by atoms with E-state index < -0.39 is 9.84 Å². The predicted octanol–water partition coefficient (Wildman–Crippen LogP) is 4.13. The summed E-state index contributed by atoms with van der Waals surface area (Å²) in [6.45, 7) is 2.55. The van der Waals surface area contributed by atoms with Crippen LogP contribution in [0.3, 0.4) is 0 Å². The van der Waals surface area contributed by atoms with E-state index in [1.807, 2.05) is 42.5 Å². The minimum absolute atomic E-state index is 0.342. The van der Waals surface area contributed by atoms with Gasteiger partial charge in [-0.25, -0.2) is 13.4 Å². The third-order valence-corrected chi connectivity index (χ3v) is 6.52. The van der Waals surface area contributed by atoms with Gasteiger partial charge in [-0.3, -0.25) is 0 Å². The summed E-state index contributed by atoms with van der Waals surface area (Å²) in [4.78, 5) is 0.342. The molecule has 3 aromatic carbocycles. The van der Waals surface area contributed by atoms with Crippen molar-refractivity contribution in [2.24, 2.45) is 0 Å². The number of nitriles is 1. The molecule has 0 spiro atoms. The normalized spacial score (nSPS) is 15.4. The van der Waals surface area contributed by atoms with E-state index in [2.05, 4.69) is 22.2 Å². The van der Waals surface area contributed by atoms with Gasteiger partial charge in [-0.2, -0.15) is 5.26 Å². The van der Waals surface area contributed by atoms with Crippen molar-refractivity contribution in [3.05, 3.63) is 71.8 Å². The number of benzene rings is 3. The molecule has 0 aromatic heterocycles. The maximum absolute atomic E-state index is 11.7. The lowest BCUT2D eigenvalue weighted by Gasteiger charge is -2.41. The van der Waals surface area contributed by atoms with Crippen molar-refractivity contribution in [3.8, 4) is 6.07 Å². The Hall–Kier alpha value is -2.88.